The molecule has 0 N–H and O–H groups in total. The van der Waals surface area contributed by atoms with Crippen molar-refractivity contribution in [2.24, 2.45) is 10.8 Å². The van der Waals surface area contributed by atoms with Gasteiger partial charge in [0.15, 0.2) is 5.41 Å². The Hall–Kier alpha value is -4.27. The Balaban J connectivity index is 1.22. The molecule has 0 unspecified atom stereocenters. The van der Waals surface area contributed by atoms with Crippen molar-refractivity contribution in [2.75, 3.05) is 0 Å². The lowest BCUT2D eigenvalue weighted by Crippen LogP contribution is -2.53. The standard InChI is InChI=1S/C44H44F6N2O/c1-26(2)33-24-29(28-16-18-41(19-17-28)20-22-42(23-21-41,43(45,46)47)44(48,49)50)25-34(27(3)4)38(33)52-36-14-7-6-13-35(36)51-40(52)32-12-9-11-31-30-10-5-8-15-37(30)53-39(31)32/h5-15,24-28H,16-23H2,1-4H3/i28D. The number of alkyl halides is 6. The zero-order valence-electron chi connectivity index (χ0n) is 31.4. The molecule has 6 aromatic rings. The molecule has 278 valence electrons. The van der Waals surface area contributed by atoms with E-state index in [-0.39, 0.29) is 24.7 Å². The summed E-state index contributed by atoms with van der Waals surface area (Å²) in [5.41, 5.74) is 3.82. The SMILES string of the molecule is [2H]C1(c2cc(C(C)C)c(-n3c(-c4cccc5c4oc4ccccc45)nc4ccccc43)c(C(C)C)c2)CCC2(CC1)CCC(C(F)(F)F)(C(F)(F)F)CC2. The van der Waals surface area contributed by atoms with Gasteiger partial charge in [-0.25, -0.2) is 4.98 Å². The van der Waals surface area contributed by atoms with E-state index in [0.717, 1.165) is 66.7 Å². The first-order valence-corrected chi connectivity index (χ1v) is 18.7. The van der Waals surface area contributed by atoms with Gasteiger partial charge in [0.05, 0.1) is 22.3 Å². The highest BCUT2D eigenvalue weighted by atomic mass is 19.4. The molecule has 0 bridgehead atoms. The minimum atomic E-state index is -5.35. The number of hydrogen-bond donors (Lipinski definition) is 0. The van der Waals surface area contributed by atoms with Crippen LogP contribution in [0.4, 0.5) is 26.3 Å². The maximum Gasteiger partial charge on any atom is 0.403 e. The van der Waals surface area contributed by atoms with Gasteiger partial charge >= 0.3 is 12.4 Å². The fourth-order valence-electron chi connectivity index (χ4n) is 9.18. The van der Waals surface area contributed by atoms with Gasteiger partial charge in [0, 0.05) is 12.1 Å². The molecule has 0 radical (unpaired) electrons. The molecule has 2 fully saturated rings. The fraction of sp³-hybridized carbons (Fsp3) is 0.432. The number of rotatable bonds is 5. The van der Waals surface area contributed by atoms with Crippen molar-refractivity contribution in [3.05, 3.63) is 95.6 Å². The Bertz CT molecular complexity index is 2320. The summed E-state index contributed by atoms with van der Waals surface area (Å²) < 4.78 is 102. The van der Waals surface area contributed by atoms with Crippen LogP contribution in [0.15, 0.2) is 83.3 Å². The maximum atomic E-state index is 13.9. The molecule has 2 aliphatic rings. The van der Waals surface area contributed by atoms with E-state index in [2.05, 4.69) is 62.6 Å². The smallest absolute Gasteiger partial charge is 0.403 e. The molecule has 53 heavy (non-hydrogen) atoms. The van der Waals surface area contributed by atoms with Crippen LogP contribution in [0.3, 0.4) is 0 Å². The second kappa shape index (κ2) is 12.7. The quantitative estimate of drug-likeness (QED) is 0.165. The van der Waals surface area contributed by atoms with Crippen molar-refractivity contribution in [3.63, 3.8) is 0 Å². The lowest BCUT2D eigenvalue weighted by atomic mass is 9.57. The molecule has 8 rings (SSSR count). The molecule has 0 aliphatic heterocycles. The van der Waals surface area contributed by atoms with Gasteiger partial charge in [-0.2, -0.15) is 26.3 Å². The first-order chi connectivity index (χ1) is 25.5. The first kappa shape index (κ1) is 34.5. The second-order valence-corrected chi connectivity index (χ2v) is 16.0. The van der Waals surface area contributed by atoms with Gasteiger partial charge in [-0.05, 0) is 115 Å². The Morgan fingerprint density at radius 1 is 0.736 bits per heavy atom. The second-order valence-electron chi connectivity index (χ2n) is 16.0. The van der Waals surface area contributed by atoms with E-state index >= 15 is 0 Å². The van der Waals surface area contributed by atoms with E-state index in [1.165, 1.54) is 0 Å². The maximum absolute atomic E-state index is 13.9. The summed E-state index contributed by atoms with van der Waals surface area (Å²) in [6.45, 7) is 8.53. The number of benzene rings is 4. The molecular formula is C44H44F6N2O. The van der Waals surface area contributed by atoms with Crippen molar-refractivity contribution in [2.45, 2.75) is 109 Å². The summed E-state index contributed by atoms with van der Waals surface area (Å²) in [4.78, 5) is 5.22. The van der Waals surface area contributed by atoms with Crippen molar-refractivity contribution < 1.29 is 32.1 Å². The highest BCUT2D eigenvalue weighted by Gasteiger charge is 2.71. The van der Waals surface area contributed by atoms with Crippen molar-refractivity contribution in [1.82, 2.24) is 9.55 Å². The molecular weight excluding hydrogens is 686 g/mol. The molecule has 4 aromatic carbocycles. The lowest BCUT2D eigenvalue weighted by molar-refractivity contribution is -0.354. The van der Waals surface area contributed by atoms with Crippen LogP contribution in [-0.2, 0) is 0 Å². The highest BCUT2D eigenvalue weighted by Crippen LogP contribution is 2.64. The van der Waals surface area contributed by atoms with E-state index in [1.54, 1.807) is 0 Å². The predicted octanol–water partition coefficient (Wildman–Crippen LogP) is 14.2. The van der Waals surface area contributed by atoms with Gasteiger partial charge in [0.25, 0.3) is 0 Å². The Labute approximate surface area is 306 Å². The van der Waals surface area contributed by atoms with Crippen molar-refractivity contribution >= 4 is 33.0 Å². The molecule has 0 amide bonds. The third kappa shape index (κ3) is 5.75. The number of imidazole rings is 1. The average molecular weight is 732 g/mol. The van der Waals surface area contributed by atoms with Gasteiger partial charge < -0.3 is 4.42 Å². The predicted molar refractivity (Wildman–Crippen MR) is 199 cm³/mol. The van der Waals surface area contributed by atoms with E-state index in [0.29, 0.717) is 25.7 Å². The van der Waals surface area contributed by atoms with Crippen molar-refractivity contribution in [3.8, 4) is 17.1 Å². The number of furan rings is 1. The number of fused-ring (bicyclic) bond motifs is 4. The van der Waals surface area contributed by atoms with Crippen LogP contribution >= 0.6 is 0 Å². The first-order valence-electron chi connectivity index (χ1n) is 19.2. The average Bonchev–Trinajstić information content (AvgIpc) is 3.70. The van der Waals surface area contributed by atoms with Gasteiger partial charge in [0.1, 0.15) is 17.0 Å². The normalized spacial score (nSPS) is 19.2. The number of aromatic nitrogens is 2. The molecule has 2 heterocycles. The van der Waals surface area contributed by atoms with Crippen LogP contribution in [0.5, 0.6) is 0 Å². The Kier molecular flexibility index (Phi) is 8.24. The minimum absolute atomic E-state index is 0.0446. The monoisotopic (exact) mass is 731 g/mol. The molecule has 0 atom stereocenters. The number of hydrogen-bond acceptors (Lipinski definition) is 2. The Morgan fingerprint density at radius 3 is 1.94 bits per heavy atom. The van der Waals surface area contributed by atoms with Crippen LogP contribution in [0.25, 0.3) is 50.0 Å². The summed E-state index contributed by atoms with van der Waals surface area (Å²) in [6, 6.07) is 26.4. The topological polar surface area (TPSA) is 31.0 Å². The van der Waals surface area contributed by atoms with Crippen LogP contribution < -0.4 is 0 Å². The molecule has 3 nitrogen and oxygen atoms in total. The van der Waals surface area contributed by atoms with E-state index < -0.39 is 41.9 Å². The zero-order valence-corrected chi connectivity index (χ0v) is 30.4. The summed E-state index contributed by atoms with van der Waals surface area (Å²) >= 11 is 0. The number of para-hydroxylation sites is 4. The highest BCUT2D eigenvalue weighted by molar-refractivity contribution is 6.09. The Morgan fingerprint density at radius 2 is 1.32 bits per heavy atom. The molecule has 2 aliphatic carbocycles. The molecule has 0 saturated heterocycles. The van der Waals surface area contributed by atoms with Crippen molar-refractivity contribution in [1.29, 1.82) is 0 Å². The molecule has 1 spiro atoms. The third-order valence-corrected chi connectivity index (χ3v) is 12.4. The molecule has 2 saturated carbocycles. The van der Waals surface area contributed by atoms with Crippen LogP contribution in [0.1, 0.15) is 115 Å². The fourth-order valence-corrected chi connectivity index (χ4v) is 9.18. The van der Waals surface area contributed by atoms with E-state index in [4.69, 9.17) is 9.40 Å². The zero-order chi connectivity index (χ0) is 38.4. The molecule has 9 heteroatoms. The van der Waals surface area contributed by atoms with Gasteiger partial charge in [0.2, 0.25) is 0 Å². The summed E-state index contributed by atoms with van der Waals surface area (Å²) in [7, 11) is 0. The van der Waals surface area contributed by atoms with E-state index in [1.807, 2.05) is 48.5 Å². The van der Waals surface area contributed by atoms with Gasteiger partial charge in [-0.3, -0.25) is 4.57 Å². The van der Waals surface area contributed by atoms with Crippen LogP contribution in [-0.4, -0.2) is 21.9 Å². The van der Waals surface area contributed by atoms with Crippen LogP contribution in [0, 0.1) is 10.8 Å². The number of halogens is 6. The summed E-state index contributed by atoms with van der Waals surface area (Å²) in [6.07, 6.45) is -11.3. The van der Waals surface area contributed by atoms with Gasteiger partial charge in [-0.15, -0.1) is 0 Å². The van der Waals surface area contributed by atoms with Crippen LogP contribution in [0.2, 0.25) is 0 Å². The lowest BCUT2D eigenvalue weighted by Gasteiger charge is -2.50. The van der Waals surface area contributed by atoms with Gasteiger partial charge in [-0.1, -0.05) is 82.3 Å². The number of nitrogens with zero attached hydrogens (tertiary/aromatic N) is 2. The summed E-state index contributed by atoms with van der Waals surface area (Å²) in [5.74, 6) is -0.200. The van der Waals surface area contributed by atoms with E-state index in [9.17, 15) is 27.7 Å². The third-order valence-electron chi connectivity index (χ3n) is 12.4. The minimum Gasteiger partial charge on any atom is -0.455 e. The molecule has 2 aromatic heterocycles. The summed E-state index contributed by atoms with van der Waals surface area (Å²) in [5, 5.41) is 2.02. The largest absolute Gasteiger partial charge is 0.455 e.